The number of rotatable bonds is 16. The Hall–Kier alpha value is 0.531. The van der Waals surface area contributed by atoms with Gasteiger partial charge in [0.05, 0.1) is 0 Å². The van der Waals surface area contributed by atoms with Crippen LogP contribution in [-0.4, -0.2) is 64.2 Å². The summed E-state index contributed by atoms with van der Waals surface area (Å²) in [4.78, 5) is 0. The minimum absolute atomic E-state index is 1.28. The smallest absolute Gasteiger partial charge is 0.188 e. The third-order valence-electron chi connectivity index (χ3n) is 7.06. The van der Waals surface area contributed by atoms with Gasteiger partial charge in [0, 0.05) is 0 Å². The van der Waals surface area contributed by atoms with E-state index in [9.17, 15) is 0 Å². The standard InChI is InChI=1S/C22H55N3Si3/c1-12-19-23(20-13-2)26(8,9)25(28(16-5,17-6)18-7)27(10,11)24(21-14-3)22-15-4/h12-22H2,1-11H3. The van der Waals surface area contributed by atoms with E-state index in [0.717, 1.165) is 0 Å². The minimum Gasteiger partial charge on any atom is -0.344 e. The van der Waals surface area contributed by atoms with Gasteiger partial charge in [-0.1, -0.05) is 48.5 Å². The van der Waals surface area contributed by atoms with E-state index in [-0.39, 0.29) is 0 Å². The van der Waals surface area contributed by atoms with Gasteiger partial charge in [0.15, 0.2) is 16.8 Å². The second-order valence-corrected chi connectivity index (χ2v) is 24.1. The van der Waals surface area contributed by atoms with Crippen molar-refractivity contribution in [1.82, 2.24) is 13.0 Å². The van der Waals surface area contributed by atoms with E-state index in [1.54, 1.807) is 0 Å². The Morgan fingerprint density at radius 3 is 0.893 bits per heavy atom. The lowest BCUT2D eigenvalue weighted by Gasteiger charge is -2.62. The van der Waals surface area contributed by atoms with E-state index in [2.05, 4.69) is 87.7 Å². The molecule has 0 unspecified atom stereocenters. The largest absolute Gasteiger partial charge is 0.344 e. The van der Waals surface area contributed by atoms with Gasteiger partial charge in [-0.3, -0.25) is 0 Å². The molecule has 0 saturated heterocycles. The maximum absolute atomic E-state index is 3.35. The van der Waals surface area contributed by atoms with Crippen molar-refractivity contribution in [2.45, 2.75) is 118 Å². The highest BCUT2D eigenvalue weighted by Crippen LogP contribution is 2.38. The van der Waals surface area contributed by atoms with Crippen molar-refractivity contribution in [3.05, 3.63) is 0 Å². The van der Waals surface area contributed by atoms with Crippen LogP contribution >= 0.6 is 0 Å². The summed E-state index contributed by atoms with van der Waals surface area (Å²) in [5, 5.41) is 0. The highest BCUT2D eigenvalue weighted by atomic mass is 28.5. The summed E-state index contributed by atoms with van der Waals surface area (Å²) in [7, 11) is -4.91. The SMILES string of the molecule is CCCN(CCC)[Si](C)(C)N([Si](CC)(CC)CC)[Si](C)(C)N(CCC)CCC. The molecule has 0 aromatic carbocycles. The van der Waals surface area contributed by atoms with Crippen molar-refractivity contribution in [1.29, 1.82) is 0 Å². The predicted octanol–water partition coefficient (Wildman–Crippen LogP) is 6.94. The molecule has 6 heteroatoms. The zero-order chi connectivity index (χ0) is 22.0. The zero-order valence-corrected chi connectivity index (χ0v) is 24.6. The summed E-state index contributed by atoms with van der Waals surface area (Å²) in [6, 6.07) is 4.22. The predicted molar refractivity (Wildman–Crippen MR) is 138 cm³/mol. The fourth-order valence-corrected chi connectivity index (χ4v) is 31.0. The van der Waals surface area contributed by atoms with Gasteiger partial charge >= 0.3 is 0 Å². The lowest BCUT2D eigenvalue weighted by Crippen LogP contribution is -2.81. The van der Waals surface area contributed by atoms with Crippen molar-refractivity contribution in [2.75, 3.05) is 26.2 Å². The Balaban J connectivity index is 6.54. The van der Waals surface area contributed by atoms with Crippen molar-refractivity contribution >= 4 is 25.0 Å². The molecule has 0 atom stereocenters. The molecular formula is C22H55N3Si3. The van der Waals surface area contributed by atoms with Crippen LogP contribution in [0.3, 0.4) is 0 Å². The molecule has 170 valence electrons. The van der Waals surface area contributed by atoms with Gasteiger partial charge in [0.2, 0.25) is 0 Å². The lowest BCUT2D eigenvalue weighted by molar-refractivity contribution is 0.370. The second-order valence-electron chi connectivity index (χ2n) is 9.58. The van der Waals surface area contributed by atoms with Crippen molar-refractivity contribution in [3.63, 3.8) is 0 Å². The molecule has 0 aliphatic rings. The Kier molecular flexibility index (Phi) is 13.3. The number of hydrogen-bond acceptors (Lipinski definition) is 3. The quantitative estimate of drug-likeness (QED) is 0.238. The molecule has 28 heavy (non-hydrogen) atoms. The van der Waals surface area contributed by atoms with E-state index >= 15 is 0 Å². The summed E-state index contributed by atoms with van der Waals surface area (Å²) in [5.74, 6) is 0. The van der Waals surface area contributed by atoms with Gasteiger partial charge in [-0.05, 0) is 96.2 Å². The lowest BCUT2D eigenvalue weighted by atomic mass is 10.4. The summed E-state index contributed by atoms with van der Waals surface area (Å²) < 4.78 is 9.27. The number of hydrogen-bond donors (Lipinski definition) is 0. The van der Waals surface area contributed by atoms with Gasteiger partial charge in [-0.25, -0.2) is 0 Å². The molecule has 0 spiro atoms. The van der Waals surface area contributed by atoms with Crippen LogP contribution in [0.2, 0.25) is 44.3 Å². The number of nitrogens with zero attached hydrogens (tertiary/aromatic N) is 3. The Morgan fingerprint density at radius 2 is 0.714 bits per heavy atom. The van der Waals surface area contributed by atoms with E-state index in [0.29, 0.717) is 0 Å². The van der Waals surface area contributed by atoms with Crippen molar-refractivity contribution < 1.29 is 0 Å². The molecule has 0 rings (SSSR count). The fraction of sp³-hybridized carbons (Fsp3) is 1.00. The third-order valence-corrected chi connectivity index (χ3v) is 27.6. The van der Waals surface area contributed by atoms with E-state index < -0.39 is 25.0 Å². The van der Waals surface area contributed by atoms with Crippen LogP contribution in [0.4, 0.5) is 0 Å². The molecule has 0 amide bonds. The highest BCUT2D eigenvalue weighted by Gasteiger charge is 2.55. The zero-order valence-electron chi connectivity index (χ0n) is 21.6. The van der Waals surface area contributed by atoms with Gasteiger partial charge in [-0.15, -0.1) is 0 Å². The first-order valence-corrected chi connectivity index (χ1v) is 20.8. The van der Waals surface area contributed by atoms with Gasteiger partial charge in [0.1, 0.15) is 8.24 Å². The van der Waals surface area contributed by atoms with Crippen LogP contribution in [0.1, 0.15) is 74.1 Å². The molecule has 0 N–H and O–H groups in total. The maximum atomic E-state index is 3.35. The maximum Gasteiger partial charge on any atom is 0.188 e. The molecule has 0 aromatic rings. The van der Waals surface area contributed by atoms with Gasteiger partial charge in [-0.2, -0.15) is 0 Å². The van der Waals surface area contributed by atoms with Crippen LogP contribution in [-0.2, 0) is 0 Å². The monoisotopic (exact) mass is 445 g/mol. The molecule has 0 bridgehead atoms. The average molecular weight is 446 g/mol. The van der Waals surface area contributed by atoms with E-state index in [4.69, 9.17) is 0 Å². The van der Waals surface area contributed by atoms with Crippen molar-refractivity contribution in [2.24, 2.45) is 0 Å². The highest BCUT2D eigenvalue weighted by molar-refractivity contribution is 7.03. The molecule has 0 aromatic heterocycles. The van der Waals surface area contributed by atoms with E-state index in [1.165, 1.54) is 70.0 Å². The summed E-state index contributed by atoms with van der Waals surface area (Å²) in [5.41, 5.74) is 0. The molecule has 0 aliphatic heterocycles. The minimum atomic E-state index is -1.71. The Bertz CT molecular complexity index is 364. The second kappa shape index (κ2) is 13.1. The molecule has 3 nitrogen and oxygen atoms in total. The summed E-state index contributed by atoms with van der Waals surface area (Å²) in [6.45, 7) is 32.9. The van der Waals surface area contributed by atoms with E-state index in [1.807, 2.05) is 0 Å². The molecule has 0 radical (unpaired) electrons. The van der Waals surface area contributed by atoms with Gasteiger partial charge in [0.25, 0.3) is 0 Å². The first kappa shape index (κ1) is 28.5. The van der Waals surface area contributed by atoms with Crippen LogP contribution in [0.25, 0.3) is 0 Å². The normalized spacial score (nSPS) is 13.9. The first-order chi connectivity index (χ1) is 13.1. The Morgan fingerprint density at radius 1 is 0.464 bits per heavy atom. The molecule has 0 fully saturated rings. The Labute approximate surface area is 182 Å². The fourth-order valence-electron chi connectivity index (χ4n) is 5.74. The van der Waals surface area contributed by atoms with Crippen LogP contribution in [0.5, 0.6) is 0 Å². The average Bonchev–Trinajstić information content (AvgIpc) is 2.65. The topological polar surface area (TPSA) is 9.72 Å². The van der Waals surface area contributed by atoms with Crippen molar-refractivity contribution in [3.8, 4) is 0 Å². The molecule has 0 heterocycles. The summed E-state index contributed by atoms with van der Waals surface area (Å²) in [6.07, 6.45) is 5.11. The molecular weight excluding hydrogens is 391 g/mol. The first-order valence-electron chi connectivity index (χ1n) is 12.4. The van der Waals surface area contributed by atoms with Crippen LogP contribution in [0.15, 0.2) is 0 Å². The van der Waals surface area contributed by atoms with Crippen LogP contribution in [0, 0.1) is 0 Å². The molecule has 0 saturated carbocycles. The van der Waals surface area contributed by atoms with Crippen LogP contribution < -0.4 is 0 Å². The summed E-state index contributed by atoms with van der Waals surface area (Å²) >= 11 is 0. The van der Waals surface area contributed by atoms with Gasteiger partial charge < -0.3 is 13.0 Å². The third kappa shape index (κ3) is 6.51. The molecule has 0 aliphatic carbocycles.